The fourth-order valence-corrected chi connectivity index (χ4v) is 3.60. The highest BCUT2D eigenvalue weighted by molar-refractivity contribution is 7.20. The van der Waals surface area contributed by atoms with E-state index in [9.17, 15) is 9.59 Å². The average Bonchev–Trinajstić information content (AvgIpc) is 2.98. The molecule has 2 heterocycles. The minimum Gasteiger partial charge on any atom is -0.497 e. The molecule has 26 heavy (non-hydrogen) atoms. The van der Waals surface area contributed by atoms with E-state index in [0.29, 0.717) is 26.5 Å². The van der Waals surface area contributed by atoms with E-state index in [-0.39, 0.29) is 12.2 Å². The van der Waals surface area contributed by atoms with Gasteiger partial charge in [0.2, 0.25) is 0 Å². The second-order valence-corrected chi connectivity index (χ2v) is 6.51. The second-order valence-electron chi connectivity index (χ2n) is 5.51. The summed E-state index contributed by atoms with van der Waals surface area (Å²) in [6, 6.07) is 7.51. The number of aryl methyl sites for hydroxylation is 1. The highest BCUT2D eigenvalue weighted by Gasteiger charge is 2.19. The number of aromatic amines is 1. The Bertz CT molecular complexity index is 1030. The van der Waals surface area contributed by atoms with Gasteiger partial charge in [-0.25, -0.2) is 9.78 Å². The molecule has 0 unspecified atom stereocenters. The van der Waals surface area contributed by atoms with Crippen LogP contribution in [0.25, 0.3) is 22.4 Å². The lowest BCUT2D eigenvalue weighted by Gasteiger charge is -1.99. The number of thiophene rings is 1. The predicted molar refractivity (Wildman–Crippen MR) is 103 cm³/mol. The molecule has 0 fully saturated rings. The van der Waals surface area contributed by atoms with Gasteiger partial charge in [-0.2, -0.15) is 0 Å². The molecule has 0 bridgehead atoms. The van der Waals surface area contributed by atoms with Crippen molar-refractivity contribution in [2.75, 3.05) is 13.7 Å². The number of hydrogen-bond acceptors (Lipinski definition) is 6. The van der Waals surface area contributed by atoms with Crippen LogP contribution in [0.3, 0.4) is 0 Å². The van der Waals surface area contributed by atoms with Gasteiger partial charge < -0.3 is 14.5 Å². The van der Waals surface area contributed by atoms with Gasteiger partial charge in [0.05, 0.1) is 19.1 Å². The van der Waals surface area contributed by atoms with Crippen LogP contribution in [0.1, 0.15) is 33.5 Å². The van der Waals surface area contributed by atoms with Crippen molar-refractivity contribution in [2.24, 2.45) is 0 Å². The molecule has 0 aliphatic rings. The lowest BCUT2D eigenvalue weighted by atomic mass is 10.2. The van der Waals surface area contributed by atoms with Crippen molar-refractivity contribution < 1.29 is 14.3 Å². The zero-order valence-electron chi connectivity index (χ0n) is 14.7. The number of hydrogen-bond donors (Lipinski definition) is 1. The largest absolute Gasteiger partial charge is 0.497 e. The highest BCUT2D eigenvalue weighted by atomic mass is 32.1. The quantitative estimate of drug-likeness (QED) is 0.693. The van der Waals surface area contributed by atoms with Crippen LogP contribution in [-0.4, -0.2) is 29.7 Å². The van der Waals surface area contributed by atoms with Gasteiger partial charge in [-0.15, -0.1) is 11.3 Å². The summed E-state index contributed by atoms with van der Waals surface area (Å²) in [6.45, 7) is 3.76. The molecule has 0 atom stereocenters. The first-order chi connectivity index (χ1) is 12.5. The predicted octanol–water partition coefficient (Wildman–Crippen LogP) is 3.65. The summed E-state index contributed by atoms with van der Waals surface area (Å²) in [6.07, 6.45) is 3.57. The van der Waals surface area contributed by atoms with Gasteiger partial charge in [-0.05, 0) is 43.2 Å². The molecule has 1 N–H and O–H groups in total. The number of esters is 1. The maximum absolute atomic E-state index is 12.4. The number of H-pyrrole nitrogens is 1. The molecule has 0 aliphatic heterocycles. The molecule has 0 spiro atoms. The number of ether oxygens (including phenoxy) is 2. The van der Waals surface area contributed by atoms with Gasteiger partial charge in [0, 0.05) is 0 Å². The fourth-order valence-electron chi connectivity index (χ4n) is 2.52. The van der Waals surface area contributed by atoms with Gasteiger partial charge in [0.15, 0.2) is 0 Å². The third-order valence-corrected chi connectivity index (χ3v) is 4.99. The monoisotopic (exact) mass is 370 g/mol. The summed E-state index contributed by atoms with van der Waals surface area (Å²) < 4.78 is 10.2. The molecule has 0 saturated carbocycles. The first kappa shape index (κ1) is 17.9. The van der Waals surface area contributed by atoms with Crippen LogP contribution in [0.5, 0.6) is 5.75 Å². The van der Waals surface area contributed by atoms with Gasteiger partial charge in [-0.1, -0.05) is 18.2 Å². The maximum Gasteiger partial charge on any atom is 0.348 e. The number of fused-ring (bicyclic) bond motifs is 1. The van der Waals surface area contributed by atoms with Gasteiger partial charge >= 0.3 is 5.97 Å². The molecule has 2 aromatic heterocycles. The molecule has 134 valence electrons. The zero-order valence-corrected chi connectivity index (χ0v) is 15.5. The lowest BCUT2D eigenvalue weighted by molar-refractivity contribution is 0.0531. The van der Waals surface area contributed by atoms with E-state index < -0.39 is 5.97 Å². The Morgan fingerprint density at radius 1 is 1.27 bits per heavy atom. The smallest absolute Gasteiger partial charge is 0.348 e. The number of rotatable bonds is 5. The minimum atomic E-state index is -0.428. The van der Waals surface area contributed by atoms with Crippen LogP contribution in [0.2, 0.25) is 0 Å². The summed E-state index contributed by atoms with van der Waals surface area (Å²) in [5.41, 5.74) is 1.28. The lowest BCUT2D eigenvalue weighted by Crippen LogP contribution is -2.10. The van der Waals surface area contributed by atoms with Crippen LogP contribution in [0.4, 0.5) is 0 Å². The van der Waals surface area contributed by atoms with Crippen LogP contribution in [0.15, 0.2) is 29.1 Å². The van der Waals surface area contributed by atoms with Gasteiger partial charge in [0.25, 0.3) is 5.56 Å². The van der Waals surface area contributed by atoms with E-state index in [4.69, 9.17) is 9.47 Å². The first-order valence-corrected chi connectivity index (χ1v) is 8.87. The van der Waals surface area contributed by atoms with Crippen LogP contribution >= 0.6 is 11.3 Å². The normalized spacial score (nSPS) is 11.2. The fraction of sp³-hybridized carbons (Fsp3) is 0.211. The highest BCUT2D eigenvalue weighted by Crippen LogP contribution is 2.27. The van der Waals surface area contributed by atoms with E-state index in [1.54, 1.807) is 27.0 Å². The Hall–Kier alpha value is -2.93. The van der Waals surface area contributed by atoms with Crippen molar-refractivity contribution >= 4 is 39.7 Å². The molecule has 0 amide bonds. The summed E-state index contributed by atoms with van der Waals surface area (Å²) in [4.78, 5) is 32.6. The van der Waals surface area contributed by atoms with E-state index in [0.717, 1.165) is 11.3 Å². The molecule has 0 saturated heterocycles. The van der Waals surface area contributed by atoms with E-state index in [1.807, 2.05) is 30.3 Å². The molecule has 3 aromatic rings. The summed E-state index contributed by atoms with van der Waals surface area (Å²) in [5, 5.41) is 0.430. The molecule has 0 aliphatic carbocycles. The van der Waals surface area contributed by atoms with E-state index >= 15 is 0 Å². The Morgan fingerprint density at radius 3 is 2.65 bits per heavy atom. The van der Waals surface area contributed by atoms with Crippen molar-refractivity contribution in [3.8, 4) is 5.75 Å². The van der Waals surface area contributed by atoms with Crippen molar-refractivity contribution in [1.29, 1.82) is 0 Å². The van der Waals surface area contributed by atoms with Crippen LogP contribution < -0.4 is 10.3 Å². The Morgan fingerprint density at radius 2 is 2.00 bits per heavy atom. The number of benzene rings is 1. The summed E-state index contributed by atoms with van der Waals surface area (Å²) in [5.74, 6) is 0.772. The van der Waals surface area contributed by atoms with Crippen molar-refractivity contribution in [1.82, 2.24) is 9.97 Å². The van der Waals surface area contributed by atoms with E-state index in [1.165, 1.54) is 11.3 Å². The standard InChI is InChI=1S/C19H18N2O4S/c1-4-25-19(23)16-11(2)15-17(22)20-14(21-18(15)26-16)10-7-12-5-8-13(24-3)9-6-12/h5-10H,4H2,1-3H3,(H,20,21,22)/b10-7+. The third kappa shape index (κ3) is 3.52. The van der Waals surface area contributed by atoms with Crippen molar-refractivity contribution in [3.63, 3.8) is 0 Å². The maximum atomic E-state index is 12.4. The Labute approximate surface area is 154 Å². The number of aromatic nitrogens is 2. The van der Waals surface area contributed by atoms with Gasteiger partial charge in [-0.3, -0.25) is 4.79 Å². The minimum absolute atomic E-state index is 0.270. The summed E-state index contributed by atoms with van der Waals surface area (Å²) in [7, 11) is 1.61. The van der Waals surface area contributed by atoms with Crippen LogP contribution in [0, 0.1) is 6.92 Å². The van der Waals surface area contributed by atoms with Crippen molar-refractivity contribution in [3.05, 3.63) is 56.4 Å². The van der Waals surface area contributed by atoms with Crippen LogP contribution in [-0.2, 0) is 4.74 Å². The van der Waals surface area contributed by atoms with Crippen molar-refractivity contribution in [2.45, 2.75) is 13.8 Å². The van der Waals surface area contributed by atoms with E-state index in [2.05, 4.69) is 9.97 Å². The molecule has 3 rings (SSSR count). The number of nitrogens with one attached hydrogen (secondary N) is 1. The molecule has 7 heteroatoms. The number of carbonyl (C=O) groups excluding carboxylic acids is 1. The zero-order chi connectivity index (χ0) is 18.7. The molecular weight excluding hydrogens is 352 g/mol. The average molecular weight is 370 g/mol. The number of carbonyl (C=O) groups is 1. The molecule has 1 aromatic carbocycles. The Kier molecular flexibility index (Phi) is 5.18. The second kappa shape index (κ2) is 7.53. The molecule has 0 radical (unpaired) electrons. The van der Waals surface area contributed by atoms with Gasteiger partial charge in [0.1, 0.15) is 21.3 Å². The number of nitrogens with zero attached hydrogens (tertiary/aromatic N) is 1. The third-order valence-electron chi connectivity index (χ3n) is 3.83. The molecule has 6 nitrogen and oxygen atoms in total. The SMILES string of the molecule is CCOC(=O)c1sc2nc(/C=C/c3ccc(OC)cc3)[nH]c(=O)c2c1C. The first-order valence-electron chi connectivity index (χ1n) is 8.06. The molecular formula is C19H18N2O4S. The summed E-state index contributed by atoms with van der Waals surface area (Å²) >= 11 is 1.17. The Balaban J connectivity index is 1.96. The topological polar surface area (TPSA) is 81.3 Å². The number of methoxy groups -OCH3 is 1.